The number of hydrogen-bond donors (Lipinski definition) is 3. The lowest BCUT2D eigenvalue weighted by molar-refractivity contribution is -0.163. The van der Waals surface area contributed by atoms with E-state index in [9.17, 15) is 19.8 Å². The predicted molar refractivity (Wildman–Crippen MR) is 105 cm³/mol. The number of nitrogens with two attached hydrogens (primary N) is 1. The van der Waals surface area contributed by atoms with Gasteiger partial charge in [-0.1, -0.05) is 6.92 Å². The smallest absolute Gasteiger partial charge is 0.353 e. The molecule has 148 valence electrons. The van der Waals surface area contributed by atoms with Gasteiger partial charge in [0.2, 0.25) is 5.91 Å². The lowest BCUT2D eigenvalue weighted by Gasteiger charge is -2.46. The Morgan fingerprint density at radius 2 is 2.14 bits per heavy atom. The van der Waals surface area contributed by atoms with Gasteiger partial charge >= 0.3 is 5.97 Å². The molecule has 0 aliphatic carbocycles. The zero-order valence-corrected chi connectivity index (χ0v) is 16.4. The summed E-state index contributed by atoms with van der Waals surface area (Å²) in [7, 11) is 0. The Bertz CT molecular complexity index is 999. The molecule has 0 spiro atoms. The molecule has 2 aromatic heterocycles. The first-order valence-electron chi connectivity index (χ1n) is 9.14. The van der Waals surface area contributed by atoms with E-state index < -0.39 is 18.0 Å². The van der Waals surface area contributed by atoms with Crippen LogP contribution in [0.1, 0.15) is 19.5 Å². The van der Waals surface area contributed by atoms with Crippen LogP contribution in [0.4, 0.5) is 5.69 Å². The van der Waals surface area contributed by atoms with Gasteiger partial charge in [0.05, 0.1) is 23.8 Å². The summed E-state index contributed by atoms with van der Waals surface area (Å²) in [4.78, 5) is 30.7. The van der Waals surface area contributed by atoms with Gasteiger partial charge in [0.25, 0.3) is 0 Å². The van der Waals surface area contributed by atoms with E-state index in [0.29, 0.717) is 22.8 Å². The number of carbonyl (C=O) groups excluding carboxylic acids is 1. The summed E-state index contributed by atoms with van der Waals surface area (Å²) in [5, 5.41) is 19.5. The minimum absolute atomic E-state index is 0.0622. The summed E-state index contributed by atoms with van der Waals surface area (Å²) in [6, 6.07) is 3.37. The van der Waals surface area contributed by atoms with Crippen molar-refractivity contribution >= 4 is 35.0 Å². The molecular weight excluding hydrogens is 380 g/mol. The van der Waals surface area contributed by atoms with Crippen molar-refractivity contribution in [2.24, 2.45) is 11.8 Å². The predicted octanol–water partition coefficient (Wildman–Crippen LogP) is 1.35. The first-order chi connectivity index (χ1) is 13.3. The van der Waals surface area contributed by atoms with Crippen molar-refractivity contribution in [3.05, 3.63) is 40.8 Å². The van der Waals surface area contributed by atoms with Crippen LogP contribution in [0.25, 0.3) is 5.65 Å². The molecule has 2 aliphatic heterocycles. The number of carbonyl (C=O) groups is 2. The van der Waals surface area contributed by atoms with Crippen LogP contribution in [0.3, 0.4) is 0 Å². The number of carboxylic acid groups (broad SMARTS) is 1. The molecule has 2 aliphatic rings. The Kier molecular flexibility index (Phi) is 4.59. The van der Waals surface area contributed by atoms with Gasteiger partial charge in [-0.2, -0.15) is 0 Å². The second-order valence-corrected chi connectivity index (χ2v) is 8.47. The second-order valence-electron chi connectivity index (χ2n) is 7.33. The molecule has 9 heteroatoms. The van der Waals surface area contributed by atoms with Crippen molar-refractivity contribution in [2.75, 3.05) is 11.5 Å². The highest BCUT2D eigenvalue weighted by Crippen LogP contribution is 2.50. The number of aliphatic hydroxyl groups is 1. The van der Waals surface area contributed by atoms with Crippen LogP contribution in [0.15, 0.2) is 35.1 Å². The number of imidazole rings is 1. The minimum Gasteiger partial charge on any atom is -0.477 e. The highest BCUT2D eigenvalue weighted by atomic mass is 32.2. The monoisotopic (exact) mass is 402 g/mol. The van der Waals surface area contributed by atoms with Gasteiger partial charge in [0.15, 0.2) is 0 Å². The SMILES string of the molecule is CC(O)C1C(=O)N2C(C(=O)O)=C(SCCc3cn4cc(N)ccc4n3)[C@H](C)C12. The third-order valence-corrected chi connectivity index (χ3v) is 6.74. The molecule has 1 amide bonds. The van der Waals surface area contributed by atoms with Gasteiger partial charge in [-0.25, -0.2) is 9.78 Å². The largest absolute Gasteiger partial charge is 0.477 e. The van der Waals surface area contributed by atoms with E-state index in [1.807, 2.05) is 23.6 Å². The number of aryl methyl sites for hydroxylation is 1. The first-order valence-corrected chi connectivity index (χ1v) is 10.1. The van der Waals surface area contributed by atoms with E-state index in [-0.39, 0.29) is 23.6 Å². The third kappa shape index (κ3) is 2.85. The Morgan fingerprint density at radius 3 is 2.82 bits per heavy atom. The second kappa shape index (κ2) is 6.82. The maximum absolute atomic E-state index is 12.3. The van der Waals surface area contributed by atoms with Crippen LogP contribution in [0.5, 0.6) is 0 Å². The molecule has 0 radical (unpaired) electrons. The normalized spacial score (nSPS) is 25.2. The lowest BCUT2D eigenvalue weighted by Crippen LogP contribution is -2.63. The topological polar surface area (TPSA) is 121 Å². The Labute approximate surface area is 166 Å². The van der Waals surface area contributed by atoms with E-state index >= 15 is 0 Å². The summed E-state index contributed by atoms with van der Waals surface area (Å²) in [5.74, 6) is -1.42. The number of anilines is 1. The molecule has 1 saturated heterocycles. The van der Waals surface area contributed by atoms with Crippen molar-refractivity contribution < 1.29 is 19.8 Å². The number of nitrogens with zero attached hydrogens (tertiary/aromatic N) is 3. The molecule has 28 heavy (non-hydrogen) atoms. The molecule has 4 heterocycles. The number of aromatic nitrogens is 2. The summed E-state index contributed by atoms with van der Waals surface area (Å²) in [6.07, 6.45) is 3.58. The number of pyridine rings is 1. The summed E-state index contributed by atoms with van der Waals surface area (Å²) in [6.45, 7) is 3.50. The summed E-state index contributed by atoms with van der Waals surface area (Å²) in [5.41, 5.74) is 8.20. The minimum atomic E-state index is -1.10. The van der Waals surface area contributed by atoms with Gasteiger partial charge in [0, 0.05) is 41.1 Å². The van der Waals surface area contributed by atoms with Crippen molar-refractivity contribution in [1.82, 2.24) is 14.3 Å². The fourth-order valence-electron chi connectivity index (χ4n) is 4.16. The molecule has 0 aromatic carbocycles. The van der Waals surface area contributed by atoms with Crippen molar-refractivity contribution in [2.45, 2.75) is 32.4 Å². The van der Waals surface area contributed by atoms with Crippen LogP contribution < -0.4 is 5.73 Å². The number of β-lactam (4-membered cyclic amide) rings is 1. The quantitative estimate of drug-likeness (QED) is 0.624. The zero-order valence-electron chi connectivity index (χ0n) is 15.6. The Morgan fingerprint density at radius 1 is 1.39 bits per heavy atom. The average molecular weight is 402 g/mol. The van der Waals surface area contributed by atoms with E-state index in [1.165, 1.54) is 16.7 Å². The number of aliphatic carboxylic acids is 1. The molecule has 0 saturated carbocycles. The number of rotatable bonds is 6. The average Bonchev–Trinajstić information content (AvgIpc) is 3.11. The summed E-state index contributed by atoms with van der Waals surface area (Å²) >= 11 is 1.45. The summed E-state index contributed by atoms with van der Waals surface area (Å²) < 4.78 is 1.87. The molecule has 3 unspecified atom stereocenters. The number of fused-ring (bicyclic) bond motifs is 2. The maximum atomic E-state index is 12.3. The maximum Gasteiger partial charge on any atom is 0.353 e. The molecule has 4 rings (SSSR count). The number of amides is 1. The fourth-order valence-corrected chi connectivity index (χ4v) is 5.42. The first kappa shape index (κ1) is 18.8. The van der Waals surface area contributed by atoms with Gasteiger partial charge in [-0.05, 0) is 19.1 Å². The van der Waals surface area contributed by atoms with Crippen molar-refractivity contribution in [1.29, 1.82) is 0 Å². The van der Waals surface area contributed by atoms with Crippen LogP contribution >= 0.6 is 11.8 Å². The Hall–Kier alpha value is -2.52. The van der Waals surface area contributed by atoms with E-state index in [2.05, 4.69) is 4.98 Å². The van der Waals surface area contributed by atoms with Crippen LogP contribution in [0, 0.1) is 11.8 Å². The molecule has 4 N–H and O–H groups in total. The molecule has 4 atom stereocenters. The van der Waals surface area contributed by atoms with E-state index in [0.717, 1.165) is 11.3 Å². The van der Waals surface area contributed by atoms with Crippen molar-refractivity contribution in [3.8, 4) is 0 Å². The number of hydrogen-bond acceptors (Lipinski definition) is 6. The van der Waals surface area contributed by atoms with Gasteiger partial charge in [-0.3, -0.25) is 4.79 Å². The van der Waals surface area contributed by atoms with Crippen molar-refractivity contribution in [3.63, 3.8) is 0 Å². The Balaban J connectivity index is 1.50. The van der Waals surface area contributed by atoms with Gasteiger partial charge in [-0.15, -0.1) is 11.8 Å². The molecule has 2 aromatic rings. The van der Waals surface area contributed by atoms with Crippen LogP contribution in [0.2, 0.25) is 0 Å². The van der Waals surface area contributed by atoms with E-state index in [4.69, 9.17) is 5.73 Å². The van der Waals surface area contributed by atoms with Crippen LogP contribution in [-0.2, 0) is 16.0 Å². The van der Waals surface area contributed by atoms with Gasteiger partial charge < -0.3 is 25.2 Å². The van der Waals surface area contributed by atoms with E-state index in [1.54, 1.807) is 19.2 Å². The highest BCUT2D eigenvalue weighted by Gasteiger charge is 2.59. The standard InChI is InChI=1S/C19H22N4O4S/c1-9-15-14(10(2)24)18(25)23(15)16(19(26)27)17(9)28-6-5-12-8-22-7-11(20)3-4-13(22)21-12/h3-4,7-10,14-15,24H,5-6,20H2,1-2H3,(H,26,27)/t9-,10?,14?,15?/m1/s1. The highest BCUT2D eigenvalue weighted by molar-refractivity contribution is 8.03. The lowest BCUT2D eigenvalue weighted by atomic mass is 9.79. The molecular formula is C19H22N4O4S. The van der Waals surface area contributed by atoms with Crippen LogP contribution in [-0.4, -0.2) is 54.3 Å². The fraction of sp³-hybridized carbons (Fsp3) is 0.421. The number of thioether (sulfide) groups is 1. The molecule has 0 bridgehead atoms. The molecule has 8 nitrogen and oxygen atoms in total. The van der Waals surface area contributed by atoms with Gasteiger partial charge in [0.1, 0.15) is 11.3 Å². The number of carboxylic acids is 1. The number of nitrogen functional groups attached to an aromatic ring is 1. The molecule has 1 fully saturated rings. The zero-order chi connectivity index (χ0) is 20.2. The number of aliphatic hydroxyl groups excluding tert-OH is 1. The third-order valence-electron chi connectivity index (χ3n) is 5.45.